The molecule has 2 aromatic heterocycles. The van der Waals surface area contributed by atoms with Crippen molar-refractivity contribution >= 4 is 27.5 Å². The molecule has 1 N–H and O–H groups in total. The van der Waals surface area contributed by atoms with Gasteiger partial charge in [0.1, 0.15) is 23.6 Å². The van der Waals surface area contributed by atoms with Gasteiger partial charge in [0.05, 0.1) is 41.1 Å². The molecule has 4 aliphatic heterocycles. The number of pyridine rings is 1. The summed E-state index contributed by atoms with van der Waals surface area (Å²) in [6.45, 7) is 8.66. The topological polar surface area (TPSA) is 84.9 Å². The van der Waals surface area contributed by atoms with Gasteiger partial charge in [0, 0.05) is 60.7 Å². The van der Waals surface area contributed by atoms with Crippen LogP contribution in [0.25, 0.3) is 32.9 Å². The molecule has 10 rings (SSSR count). The Bertz CT molecular complexity index is 2050. The third-order valence-electron chi connectivity index (χ3n) is 11.8. The zero-order valence-electron chi connectivity index (χ0n) is 27.3. The van der Waals surface area contributed by atoms with E-state index in [-0.39, 0.29) is 22.1 Å². The summed E-state index contributed by atoms with van der Waals surface area (Å²) >= 11 is 0. The highest BCUT2D eigenvalue weighted by atomic mass is 19.1. The predicted octanol–water partition coefficient (Wildman–Crippen LogP) is 4.86. The monoisotopic (exact) mass is 646 g/mol. The molecule has 4 aromatic rings. The number of piperazine rings is 1. The highest BCUT2D eigenvalue weighted by Gasteiger charge is 2.54. The van der Waals surface area contributed by atoms with Crippen LogP contribution in [-0.2, 0) is 11.2 Å². The first-order valence-electron chi connectivity index (χ1n) is 17.5. The van der Waals surface area contributed by atoms with Crippen molar-refractivity contribution in [3.63, 3.8) is 0 Å². The zero-order chi connectivity index (χ0) is 32.3. The van der Waals surface area contributed by atoms with Crippen molar-refractivity contribution in [2.75, 3.05) is 57.4 Å². The Labute approximate surface area is 279 Å². The van der Waals surface area contributed by atoms with Crippen LogP contribution >= 0.6 is 0 Å². The lowest BCUT2D eigenvalue weighted by molar-refractivity contribution is -0.0532. The molecule has 2 aliphatic carbocycles. The molecule has 5 fully saturated rings. The molecule has 246 valence electrons. The maximum Gasteiger partial charge on any atom is 0.318 e. The number of aryl methyl sites for hydroxylation is 1. The van der Waals surface area contributed by atoms with E-state index in [0.29, 0.717) is 48.6 Å². The number of rotatable bonds is 7. The fraction of sp³-hybridized carbons (Fsp3) is 0.500. The molecule has 2 atom stereocenters. The number of nitrogens with zero attached hydrogens (tertiary/aromatic N) is 5. The van der Waals surface area contributed by atoms with Gasteiger partial charge in [-0.05, 0) is 50.0 Å². The zero-order valence-corrected chi connectivity index (χ0v) is 27.3. The van der Waals surface area contributed by atoms with E-state index >= 15 is 4.39 Å². The Morgan fingerprint density at radius 2 is 2.02 bits per heavy atom. The quantitative estimate of drug-likeness (QED) is 0.283. The first-order valence-corrected chi connectivity index (χ1v) is 17.5. The maximum atomic E-state index is 15.1. The molecule has 2 bridgehead atoms. The number of hydrogen-bond donors (Lipinski definition) is 1. The first-order chi connectivity index (χ1) is 23.4. The Hall–Kier alpha value is -4.04. The van der Waals surface area contributed by atoms with E-state index in [1.165, 1.54) is 18.9 Å². The molecule has 0 amide bonds. The predicted molar refractivity (Wildman–Crippen MR) is 181 cm³/mol. The number of morpholine rings is 1. The van der Waals surface area contributed by atoms with Crippen LogP contribution in [0.1, 0.15) is 50.2 Å². The minimum atomic E-state index is -0.424. The molecule has 2 aromatic carbocycles. The first kappa shape index (κ1) is 28.9. The lowest BCUT2D eigenvalue weighted by Crippen LogP contribution is -2.55. The van der Waals surface area contributed by atoms with Gasteiger partial charge in [-0.15, -0.1) is 6.42 Å². The van der Waals surface area contributed by atoms with E-state index in [9.17, 15) is 0 Å². The van der Waals surface area contributed by atoms with Crippen LogP contribution in [0.5, 0.6) is 11.9 Å². The molecule has 2 spiro atoms. The van der Waals surface area contributed by atoms with E-state index in [0.717, 1.165) is 91.8 Å². The Kier molecular flexibility index (Phi) is 6.17. The van der Waals surface area contributed by atoms with Crippen LogP contribution < -0.4 is 19.7 Å². The van der Waals surface area contributed by atoms with Crippen molar-refractivity contribution < 1.29 is 18.6 Å². The Morgan fingerprint density at radius 3 is 2.81 bits per heavy atom. The molecule has 6 aliphatic rings. The van der Waals surface area contributed by atoms with Crippen molar-refractivity contribution in [3.8, 4) is 35.5 Å². The lowest BCUT2D eigenvalue weighted by Gasteiger charge is -2.37. The maximum absolute atomic E-state index is 15.1. The van der Waals surface area contributed by atoms with Crippen LogP contribution in [0.4, 0.5) is 10.2 Å². The van der Waals surface area contributed by atoms with Gasteiger partial charge >= 0.3 is 6.01 Å². The van der Waals surface area contributed by atoms with Gasteiger partial charge in [-0.1, -0.05) is 37.1 Å². The fourth-order valence-electron chi connectivity index (χ4n) is 8.90. The average molecular weight is 647 g/mol. The summed E-state index contributed by atoms with van der Waals surface area (Å²) in [5.74, 6) is 3.52. The normalized spacial score (nSPS) is 25.9. The second kappa shape index (κ2) is 10.2. The summed E-state index contributed by atoms with van der Waals surface area (Å²) < 4.78 is 34.5. The molecule has 48 heavy (non-hydrogen) atoms. The van der Waals surface area contributed by atoms with Gasteiger partial charge < -0.3 is 24.4 Å². The van der Waals surface area contributed by atoms with Crippen molar-refractivity contribution in [3.05, 3.63) is 47.3 Å². The molecule has 10 heteroatoms. The molecule has 6 heterocycles. The Balaban J connectivity index is 1.10. The van der Waals surface area contributed by atoms with Gasteiger partial charge in [0.15, 0.2) is 0 Å². The number of benzene rings is 2. The van der Waals surface area contributed by atoms with Crippen molar-refractivity contribution in [1.29, 1.82) is 0 Å². The molecule has 0 radical (unpaired) electrons. The smallest absolute Gasteiger partial charge is 0.318 e. The van der Waals surface area contributed by atoms with Crippen molar-refractivity contribution in [2.24, 2.45) is 5.41 Å². The van der Waals surface area contributed by atoms with E-state index in [1.54, 1.807) is 6.07 Å². The van der Waals surface area contributed by atoms with Crippen LogP contribution in [0, 0.1) is 23.6 Å². The molecule has 2 saturated carbocycles. The average Bonchev–Trinajstić information content (AvgIpc) is 3.98. The second-order valence-electron chi connectivity index (χ2n) is 15.1. The summed E-state index contributed by atoms with van der Waals surface area (Å²) in [7, 11) is 0. The fourth-order valence-corrected chi connectivity index (χ4v) is 8.90. The van der Waals surface area contributed by atoms with Gasteiger partial charge in [-0.3, -0.25) is 4.90 Å². The third-order valence-corrected chi connectivity index (χ3v) is 11.8. The lowest BCUT2D eigenvalue weighted by atomic mass is 9.93. The number of terminal acetylenes is 1. The summed E-state index contributed by atoms with van der Waals surface area (Å²) in [6, 6.07) is 9.86. The number of ether oxygens (including phenoxy) is 3. The third kappa shape index (κ3) is 4.37. The van der Waals surface area contributed by atoms with Crippen LogP contribution in [0.3, 0.4) is 0 Å². The van der Waals surface area contributed by atoms with Crippen LogP contribution in [-0.4, -0.2) is 89.6 Å². The van der Waals surface area contributed by atoms with Crippen molar-refractivity contribution in [2.45, 2.75) is 62.6 Å². The largest absolute Gasteiger partial charge is 0.475 e. The SMILES string of the molecule is C#Cc1c(F)ccc2cccc(-c3nc4c5c(nc(OCC6(CN7CCOC8(CC8)C7)CC6)nc5c3CC)N3C[C@H]5C[C@@]3(CN5)CO4)c12. The van der Waals surface area contributed by atoms with E-state index in [2.05, 4.69) is 28.0 Å². The number of aromatic nitrogens is 3. The molecule has 3 saturated heterocycles. The van der Waals surface area contributed by atoms with Crippen LogP contribution in [0.15, 0.2) is 30.3 Å². The van der Waals surface area contributed by atoms with Gasteiger partial charge in [-0.2, -0.15) is 9.97 Å². The highest BCUT2D eigenvalue weighted by Crippen LogP contribution is 2.51. The number of halogens is 1. The molecular formula is C38H39FN6O3. The van der Waals surface area contributed by atoms with Gasteiger partial charge in [-0.25, -0.2) is 9.37 Å². The van der Waals surface area contributed by atoms with E-state index in [4.69, 9.17) is 35.6 Å². The van der Waals surface area contributed by atoms with Gasteiger partial charge in [0.25, 0.3) is 0 Å². The van der Waals surface area contributed by atoms with E-state index in [1.807, 2.05) is 18.2 Å². The number of anilines is 1. The van der Waals surface area contributed by atoms with E-state index < -0.39 is 5.82 Å². The van der Waals surface area contributed by atoms with Gasteiger partial charge in [0.2, 0.25) is 5.88 Å². The Morgan fingerprint density at radius 1 is 1.12 bits per heavy atom. The second-order valence-corrected chi connectivity index (χ2v) is 15.1. The molecule has 0 unspecified atom stereocenters. The minimum Gasteiger partial charge on any atom is -0.475 e. The minimum absolute atomic E-state index is 0.108. The van der Waals surface area contributed by atoms with Crippen LogP contribution in [0.2, 0.25) is 0 Å². The molecular weight excluding hydrogens is 607 g/mol. The summed E-state index contributed by atoms with van der Waals surface area (Å²) in [5.41, 5.74) is 3.41. The number of fused-ring (bicyclic) bond motifs is 3. The summed E-state index contributed by atoms with van der Waals surface area (Å²) in [5, 5.41) is 6.01. The molecule has 9 nitrogen and oxygen atoms in total. The summed E-state index contributed by atoms with van der Waals surface area (Å²) in [6.07, 6.45) is 12.1. The highest BCUT2D eigenvalue weighted by molar-refractivity contribution is 6.05. The standard InChI is InChI=1S/C38H39FN6O3/c1-3-25-28(39)9-8-23-6-5-7-27(29(23)25)31-26(4-2)32-30-33(45-17-24-16-37(45,18-40-24)22-46-34(30)41-31)43-35(42-32)47-21-36(10-11-36)19-44-14-15-48-38(20-44)12-13-38/h1,5-9,24,40H,4,10-22H2,2H3/t24-,37-/m1/s1. The number of hydrogen-bond acceptors (Lipinski definition) is 9. The van der Waals surface area contributed by atoms with Crippen molar-refractivity contribution in [1.82, 2.24) is 25.2 Å². The number of nitrogens with one attached hydrogen (secondary N) is 1. The summed E-state index contributed by atoms with van der Waals surface area (Å²) in [4.78, 5) is 20.5.